The average molecular weight is 421 g/mol. The van der Waals surface area contributed by atoms with Crippen LogP contribution in [0.3, 0.4) is 0 Å². The molecule has 1 aliphatic rings. The molecular weight excluding hydrogens is 400 g/mol. The number of hydrogen-bond donors (Lipinski definition) is 0. The molecule has 1 aliphatic heterocycles. The molecule has 1 heterocycles. The maximum atomic E-state index is 12.9. The highest BCUT2D eigenvalue weighted by molar-refractivity contribution is 8.13. The highest BCUT2D eigenvalue weighted by Crippen LogP contribution is 2.40. The van der Waals surface area contributed by atoms with Crippen LogP contribution in [-0.4, -0.2) is 29.2 Å². The summed E-state index contributed by atoms with van der Waals surface area (Å²) in [5.74, 6) is 0.296. The van der Waals surface area contributed by atoms with Crippen LogP contribution in [0.1, 0.15) is 45.7 Å². The van der Waals surface area contributed by atoms with Crippen LogP contribution in [0.5, 0.6) is 0 Å². The molecule has 0 unspecified atom stereocenters. The van der Waals surface area contributed by atoms with Crippen molar-refractivity contribution in [3.8, 4) is 0 Å². The monoisotopic (exact) mass is 420 g/mol. The van der Waals surface area contributed by atoms with Crippen molar-refractivity contribution in [2.75, 3.05) is 5.75 Å². The first-order valence-corrected chi connectivity index (χ1v) is 9.65. The van der Waals surface area contributed by atoms with Gasteiger partial charge in [0.1, 0.15) is 0 Å². The molecule has 1 fully saturated rings. The Morgan fingerprint density at radius 3 is 2.22 bits per heavy atom. The van der Waals surface area contributed by atoms with E-state index in [4.69, 9.17) is 20.9 Å². The molecule has 0 aromatic heterocycles. The summed E-state index contributed by atoms with van der Waals surface area (Å²) in [6.07, 6.45) is -2.86. The lowest BCUT2D eigenvalue weighted by atomic mass is 9.78. The van der Waals surface area contributed by atoms with Gasteiger partial charge in [-0.2, -0.15) is 13.2 Å². The molecule has 3 nitrogen and oxygen atoms in total. The molecule has 0 amide bonds. The van der Waals surface area contributed by atoms with E-state index in [2.05, 4.69) is 0 Å². The van der Waals surface area contributed by atoms with Gasteiger partial charge in [-0.15, -0.1) is 0 Å². The summed E-state index contributed by atoms with van der Waals surface area (Å²) in [5.41, 5.74) is -0.923. The number of carbonyl (C=O) groups is 1. The van der Waals surface area contributed by atoms with Gasteiger partial charge in [-0.05, 0) is 50.9 Å². The van der Waals surface area contributed by atoms with Crippen LogP contribution in [0.15, 0.2) is 23.7 Å². The lowest BCUT2D eigenvalue weighted by molar-refractivity contribution is -0.137. The maximum Gasteiger partial charge on any atom is 0.491 e. The van der Waals surface area contributed by atoms with E-state index in [1.165, 1.54) is 19.1 Å². The molecule has 0 N–H and O–H groups in total. The Labute approximate surface area is 166 Å². The second-order valence-corrected chi connectivity index (χ2v) is 8.88. The van der Waals surface area contributed by atoms with Gasteiger partial charge in [0, 0.05) is 12.7 Å². The standard InChI is InChI=1S/C18H21BClF3O3S/c1-11(24)27-10-13(19-25-16(2,3)17(4,5)26-19)8-12-6-7-14(15(20)9-12)18(21,22)23/h6-9H,10H2,1-5H3. The van der Waals surface area contributed by atoms with Crippen LogP contribution in [0.2, 0.25) is 5.02 Å². The zero-order valence-electron chi connectivity index (χ0n) is 15.7. The summed E-state index contributed by atoms with van der Waals surface area (Å²) in [4.78, 5) is 11.4. The molecule has 0 aliphatic carbocycles. The van der Waals surface area contributed by atoms with E-state index in [1.54, 1.807) is 6.08 Å². The Morgan fingerprint density at radius 2 is 1.78 bits per heavy atom. The first-order chi connectivity index (χ1) is 12.2. The van der Waals surface area contributed by atoms with Gasteiger partial charge in [0.05, 0.1) is 21.8 Å². The minimum atomic E-state index is -4.52. The minimum absolute atomic E-state index is 0.0807. The smallest absolute Gasteiger partial charge is 0.400 e. The summed E-state index contributed by atoms with van der Waals surface area (Å²) in [5, 5.41) is -0.466. The second kappa shape index (κ2) is 7.81. The third kappa shape index (κ3) is 5.31. The minimum Gasteiger partial charge on any atom is -0.400 e. The number of benzene rings is 1. The number of hydrogen-bond acceptors (Lipinski definition) is 4. The molecule has 0 atom stereocenters. The molecule has 0 saturated carbocycles. The van der Waals surface area contributed by atoms with Gasteiger partial charge in [-0.1, -0.05) is 35.5 Å². The fraction of sp³-hybridized carbons (Fsp3) is 0.500. The lowest BCUT2D eigenvalue weighted by Crippen LogP contribution is -2.41. The Kier molecular flexibility index (Phi) is 6.46. The number of thioether (sulfide) groups is 1. The molecule has 0 bridgehead atoms. The molecule has 1 aromatic rings. The van der Waals surface area contributed by atoms with E-state index in [0.29, 0.717) is 16.8 Å². The van der Waals surface area contributed by atoms with Gasteiger partial charge in [0.15, 0.2) is 5.12 Å². The summed E-state index contributed by atoms with van der Waals surface area (Å²) < 4.78 is 50.7. The largest absolute Gasteiger partial charge is 0.491 e. The molecular formula is C18H21BClF3O3S. The van der Waals surface area contributed by atoms with Crippen LogP contribution in [0, 0.1) is 0 Å². The Hall–Kier alpha value is -0.955. The van der Waals surface area contributed by atoms with Crippen molar-refractivity contribution < 1.29 is 27.3 Å². The van der Waals surface area contributed by atoms with Crippen LogP contribution in [0.25, 0.3) is 6.08 Å². The van der Waals surface area contributed by atoms with E-state index in [9.17, 15) is 18.0 Å². The molecule has 148 valence electrons. The van der Waals surface area contributed by atoms with Gasteiger partial charge in [0.2, 0.25) is 0 Å². The first kappa shape index (κ1) is 22.3. The van der Waals surface area contributed by atoms with E-state index in [0.717, 1.165) is 17.8 Å². The summed E-state index contributed by atoms with van der Waals surface area (Å²) in [7, 11) is -0.706. The first-order valence-electron chi connectivity index (χ1n) is 8.29. The van der Waals surface area contributed by atoms with Crippen molar-refractivity contribution in [2.24, 2.45) is 0 Å². The van der Waals surface area contributed by atoms with Crippen LogP contribution < -0.4 is 0 Å². The Balaban J connectivity index is 2.37. The maximum absolute atomic E-state index is 12.9. The van der Waals surface area contributed by atoms with E-state index >= 15 is 0 Å². The highest BCUT2D eigenvalue weighted by atomic mass is 35.5. The number of alkyl halides is 3. The van der Waals surface area contributed by atoms with Gasteiger partial charge in [-0.3, -0.25) is 4.79 Å². The van der Waals surface area contributed by atoms with Crippen molar-refractivity contribution >= 4 is 41.7 Å². The zero-order valence-corrected chi connectivity index (χ0v) is 17.3. The average Bonchev–Trinajstić information content (AvgIpc) is 2.70. The van der Waals surface area contributed by atoms with E-state index in [1.807, 2.05) is 27.7 Å². The fourth-order valence-electron chi connectivity index (χ4n) is 2.42. The molecule has 1 saturated heterocycles. The second-order valence-electron chi connectivity index (χ2n) is 7.32. The molecule has 1 aromatic carbocycles. The normalized spacial score (nSPS) is 19.4. The zero-order chi connectivity index (χ0) is 20.6. The van der Waals surface area contributed by atoms with Crippen molar-refractivity contribution in [1.82, 2.24) is 0 Å². The van der Waals surface area contributed by atoms with Gasteiger partial charge >= 0.3 is 13.3 Å². The van der Waals surface area contributed by atoms with Gasteiger partial charge < -0.3 is 9.31 Å². The predicted molar refractivity (Wildman–Crippen MR) is 104 cm³/mol. The summed E-state index contributed by atoms with van der Waals surface area (Å²) in [6, 6.07) is 3.51. The van der Waals surface area contributed by atoms with E-state index in [-0.39, 0.29) is 10.1 Å². The van der Waals surface area contributed by atoms with Crippen LogP contribution >= 0.6 is 23.4 Å². The number of halogens is 4. The molecule has 2 rings (SSSR count). The fourth-order valence-corrected chi connectivity index (χ4v) is 3.31. The SMILES string of the molecule is CC(=O)SCC(=Cc1ccc(C(F)(F)F)c(Cl)c1)B1OC(C)(C)C(C)(C)O1. The number of rotatable bonds is 4. The summed E-state index contributed by atoms with van der Waals surface area (Å²) >= 11 is 6.88. The third-order valence-electron chi connectivity index (χ3n) is 4.65. The number of carbonyl (C=O) groups excluding carboxylic acids is 1. The van der Waals surface area contributed by atoms with Crippen LogP contribution in [0.4, 0.5) is 13.2 Å². The third-order valence-corrected chi connectivity index (χ3v) is 5.85. The molecule has 27 heavy (non-hydrogen) atoms. The molecule has 0 spiro atoms. The van der Waals surface area contributed by atoms with Crippen molar-refractivity contribution in [2.45, 2.75) is 52.0 Å². The molecule has 9 heteroatoms. The van der Waals surface area contributed by atoms with Crippen molar-refractivity contribution in [3.63, 3.8) is 0 Å². The van der Waals surface area contributed by atoms with Gasteiger partial charge in [0.25, 0.3) is 0 Å². The van der Waals surface area contributed by atoms with Crippen LogP contribution in [-0.2, 0) is 20.3 Å². The summed E-state index contributed by atoms with van der Waals surface area (Å²) in [6.45, 7) is 9.05. The lowest BCUT2D eigenvalue weighted by Gasteiger charge is -2.32. The topological polar surface area (TPSA) is 35.5 Å². The highest BCUT2D eigenvalue weighted by Gasteiger charge is 2.52. The van der Waals surface area contributed by atoms with Crippen molar-refractivity contribution in [3.05, 3.63) is 39.8 Å². The van der Waals surface area contributed by atoms with Gasteiger partial charge in [-0.25, -0.2) is 0 Å². The Morgan fingerprint density at radius 1 is 1.22 bits per heavy atom. The Bertz CT molecular complexity index is 747. The van der Waals surface area contributed by atoms with E-state index < -0.39 is 30.1 Å². The predicted octanol–water partition coefficient (Wildman–Crippen LogP) is 5.65. The van der Waals surface area contributed by atoms with Crippen molar-refractivity contribution in [1.29, 1.82) is 0 Å². The quantitative estimate of drug-likeness (QED) is 0.589. The molecule has 0 radical (unpaired) electrons.